The number of halogens is 1. The number of anilines is 1. The molecule has 3 aromatic rings. The Morgan fingerprint density at radius 2 is 1.82 bits per heavy atom. The van der Waals surface area contributed by atoms with Crippen LogP contribution in [0.3, 0.4) is 0 Å². The number of fused-ring (bicyclic) bond motifs is 1. The molecule has 0 saturated carbocycles. The topological polar surface area (TPSA) is 37.9 Å². The SMILES string of the molecule is Cc1cc(C)c2c(C[NH+]3CCN(c4cccc(Cl)c4)CC3)cc(=O)oc2c1C. The van der Waals surface area contributed by atoms with Crippen LogP contribution in [0.15, 0.2) is 45.6 Å². The third kappa shape index (κ3) is 3.67. The van der Waals surface area contributed by atoms with E-state index in [1.807, 2.05) is 25.1 Å². The summed E-state index contributed by atoms with van der Waals surface area (Å²) in [5.74, 6) is 0. The van der Waals surface area contributed by atoms with Gasteiger partial charge in [-0.3, -0.25) is 0 Å². The molecule has 2 heterocycles. The maximum Gasteiger partial charge on any atom is 0.336 e. The molecule has 1 fully saturated rings. The van der Waals surface area contributed by atoms with Gasteiger partial charge in [0, 0.05) is 27.7 Å². The van der Waals surface area contributed by atoms with E-state index in [-0.39, 0.29) is 5.63 Å². The Kier molecular flexibility index (Phi) is 5.17. The largest absolute Gasteiger partial charge is 0.422 e. The predicted molar refractivity (Wildman–Crippen MR) is 115 cm³/mol. The summed E-state index contributed by atoms with van der Waals surface area (Å²) in [4.78, 5) is 16.1. The number of hydrogen-bond donors (Lipinski definition) is 1. The van der Waals surface area contributed by atoms with Crippen molar-refractivity contribution in [3.63, 3.8) is 0 Å². The highest BCUT2D eigenvalue weighted by Gasteiger charge is 2.22. The van der Waals surface area contributed by atoms with Gasteiger partial charge in [0.1, 0.15) is 12.1 Å². The summed E-state index contributed by atoms with van der Waals surface area (Å²) in [7, 11) is 0. The van der Waals surface area contributed by atoms with Crippen molar-refractivity contribution in [2.24, 2.45) is 0 Å². The minimum atomic E-state index is -0.257. The van der Waals surface area contributed by atoms with Gasteiger partial charge in [0.25, 0.3) is 0 Å². The molecule has 4 nitrogen and oxygen atoms in total. The van der Waals surface area contributed by atoms with Gasteiger partial charge in [0.15, 0.2) is 0 Å². The lowest BCUT2D eigenvalue weighted by atomic mass is 9.98. The first kappa shape index (κ1) is 19.0. The summed E-state index contributed by atoms with van der Waals surface area (Å²) >= 11 is 6.14. The van der Waals surface area contributed by atoms with Gasteiger partial charge in [-0.15, -0.1) is 0 Å². The van der Waals surface area contributed by atoms with Crippen LogP contribution in [0.4, 0.5) is 5.69 Å². The average Bonchev–Trinajstić information content (AvgIpc) is 2.66. The van der Waals surface area contributed by atoms with Gasteiger partial charge in [-0.25, -0.2) is 4.79 Å². The van der Waals surface area contributed by atoms with Crippen molar-refractivity contribution >= 4 is 28.3 Å². The van der Waals surface area contributed by atoms with E-state index in [0.717, 1.165) is 65.4 Å². The van der Waals surface area contributed by atoms with Crippen LogP contribution in [0, 0.1) is 20.8 Å². The molecule has 1 aromatic heterocycles. The van der Waals surface area contributed by atoms with Gasteiger partial charge in [-0.05, 0) is 55.7 Å². The van der Waals surface area contributed by atoms with E-state index < -0.39 is 0 Å². The molecule has 0 atom stereocenters. The molecule has 2 aromatic carbocycles. The summed E-state index contributed by atoms with van der Waals surface area (Å²) in [6, 6.07) is 11.9. The fourth-order valence-electron chi connectivity index (χ4n) is 4.26. The molecule has 0 aliphatic carbocycles. The van der Waals surface area contributed by atoms with Crippen molar-refractivity contribution < 1.29 is 9.32 Å². The van der Waals surface area contributed by atoms with Gasteiger partial charge in [0.05, 0.1) is 26.2 Å². The minimum absolute atomic E-state index is 0.257. The lowest BCUT2D eigenvalue weighted by Gasteiger charge is -2.34. The zero-order valence-electron chi connectivity index (χ0n) is 16.6. The van der Waals surface area contributed by atoms with E-state index >= 15 is 0 Å². The molecule has 0 spiro atoms. The van der Waals surface area contributed by atoms with E-state index in [0.29, 0.717) is 0 Å². The summed E-state index contributed by atoms with van der Waals surface area (Å²) < 4.78 is 5.58. The highest BCUT2D eigenvalue weighted by atomic mass is 35.5. The van der Waals surface area contributed by atoms with Gasteiger partial charge >= 0.3 is 5.63 Å². The zero-order valence-corrected chi connectivity index (χ0v) is 17.4. The number of nitrogens with one attached hydrogen (secondary N) is 1. The molecule has 4 rings (SSSR count). The summed E-state index contributed by atoms with van der Waals surface area (Å²) in [6.45, 7) is 11.0. The van der Waals surface area contributed by atoms with Crippen LogP contribution in [0.1, 0.15) is 22.3 Å². The number of hydrogen-bond acceptors (Lipinski definition) is 3. The molecule has 28 heavy (non-hydrogen) atoms. The van der Waals surface area contributed by atoms with E-state index in [4.69, 9.17) is 16.0 Å². The van der Waals surface area contributed by atoms with Crippen LogP contribution in [-0.4, -0.2) is 26.2 Å². The number of benzene rings is 2. The van der Waals surface area contributed by atoms with Crippen molar-refractivity contribution in [1.29, 1.82) is 0 Å². The Hall–Kier alpha value is -2.30. The van der Waals surface area contributed by atoms with Gasteiger partial charge in [0.2, 0.25) is 0 Å². The van der Waals surface area contributed by atoms with Crippen molar-refractivity contribution in [3.8, 4) is 0 Å². The number of piperazine rings is 1. The second-order valence-corrected chi connectivity index (χ2v) is 8.26. The van der Waals surface area contributed by atoms with E-state index in [1.165, 1.54) is 16.2 Å². The highest BCUT2D eigenvalue weighted by molar-refractivity contribution is 6.30. The monoisotopic (exact) mass is 397 g/mol. The van der Waals surface area contributed by atoms with Crippen LogP contribution >= 0.6 is 11.6 Å². The smallest absolute Gasteiger partial charge is 0.336 e. The zero-order chi connectivity index (χ0) is 19.8. The summed E-state index contributed by atoms with van der Waals surface area (Å²) in [6.07, 6.45) is 0. The highest BCUT2D eigenvalue weighted by Crippen LogP contribution is 2.27. The van der Waals surface area contributed by atoms with Crippen molar-refractivity contribution in [2.45, 2.75) is 27.3 Å². The van der Waals surface area contributed by atoms with Crippen molar-refractivity contribution in [2.75, 3.05) is 31.1 Å². The molecule has 5 heteroatoms. The summed E-state index contributed by atoms with van der Waals surface area (Å²) in [5, 5.41) is 1.88. The Bertz CT molecular complexity index is 1080. The normalized spacial score (nSPS) is 15.4. The minimum Gasteiger partial charge on any atom is -0.422 e. The van der Waals surface area contributed by atoms with Crippen LogP contribution in [0.5, 0.6) is 0 Å². The first-order chi connectivity index (χ1) is 13.4. The Labute approximate surface area is 170 Å². The van der Waals surface area contributed by atoms with E-state index in [9.17, 15) is 4.79 Å². The maximum atomic E-state index is 12.2. The van der Waals surface area contributed by atoms with Crippen molar-refractivity contribution in [3.05, 3.63) is 74.1 Å². The molecular weight excluding hydrogens is 372 g/mol. The molecule has 1 aliphatic heterocycles. The average molecular weight is 398 g/mol. The number of rotatable bonds is 3. The number of nitrogens with zero attached hydrogens (tertiary/aromatic N) is 1. The van der Waals surface area contributed by atoms with Gasteiger partial charge in [-0.1, -0.05) is 23.7 Å². The molecule has 0 radical (unpaired) electrons. The van der Waals surface area contributed by atoms with Gasteiger partial charge < -0.3 is 14.2 Å². The lowest BCUT2D eigenvalue weighted by Crippen LogP contribution is -3.13. The fraction of sp³-hybridized carbons (Fsp3) is 0.348. The first-order valence-corrected chi connectivity index (χ1v) is 10.2. The Morgan fingerprint density at radius 1 is 1.07 bits per heavy atom. The maximum absolute atomic E-state index is 12.2. The Morgan fingerprint density at radius 3 is 2.54 bits per heavy atom. The van der Waals surface area contributed by atoms with Crippen LogP contribution in [0.25, 0.3) is 11.0 Å². The molecular formula is C23H26ClN2O2+. The van der Waals surface area contributed by atoms with Gasteiger partial charge in [-0.2, -0.15) is 0 Å². The van der Waals surface area contributed by atoms with E-state index in [2.05, 4.69) is 30.9 Å². The number of aryl methyl sites for hydroxylation is 3. The van der Waals surface area contributed by atoms with Crippen molar-refractivity contribution in [1.82, 2.24) is 0 Å². The third-order valence-corrected chi connectivity index (χ3v) is 6.12. The molecule has 0 unspecified atom stereocenters. The number of quaternary nitrogens is 1. The lowest BCUT2D eigenvalue weighted by molar-refractivity contribution is -0.914. The second kappa shape index (κ2) is 7.61. The Balaban J connectivity index is 1.57. The second-order valence-electron chi connectivity index (χ2n) is 7.82. The van der Waals surface area contributed by atoms with Crippen LogP contribution in [-0.2, 0) is 6.54 Å². The fourth-order valence-corrected chi connectivity index (χ4v) is 4.45. The quantitative estimate of drug-likeness (QED) is 0.689. The molecule has 1 aliphatic rings. The predicted octanol–water partition coefficient (Wildman–Crippen LogP) is 3.28. The third-order valence-electron chi connectivity index (χ3n) is 5.89. The molecule has 0 bridgehead atoms. The van der Waals surface area contributed by atoms with Crippen LogP contribution in [0.2, 0.25) is 5.02 Å². The molecule has 0 amide bonds. The van der Waals surface area contributed by atoms with Crippen LogP contribution < -0.4 is 15.4 Å². The summed E-state index contributed by atoms with van der Waals surface area (Å²) in [5.41, 5.74) is 6.16. The standard InChI is InChI=1S/C23H25ClN2O2/c1-15-11-16(2)22-18(12-21(27)28-23(22)17(15)3)14-25-7-9-26(10-8-25)20-6-4-5-19(24)13-20/h4-6,11-13H,7-10,14H2,1-3H3/p+1. The molecule has 1 saturated heterocycles. The molecule has 1 N–H and O–H groups in total. The molecule has 146 valence electrons. The first-order valence-electron chi connectivity index (χ1n) is 9.80. The van der Waals surface area contributed by atoms with E-state index in [1.54, 1.807) is 6.07 Å².